The van der Waals surface area contributed by atoms with Crippen molar-refractivity contribution in [1.82, 2.24) is 25.4 Å². The summed E-state index contributed by atoms with van der Waals surface area (Å²) in [7, 11) is 2.07. The third-order valence-corrected chi connectivity index (χ3v) is 5.25. The molecular weight excluding hydrogens is 361 g/mol. The number of phenolic OH excluding ortho intramolecular Hbond substituents is 1. The Balaban J connectivity index is 1.72. The van der Waals surface area contributed by atoms with Gasteiger partial charge in [-0.3, -0.25) is 9.89 Å². The van der Waals surface area contributed by atoms with Crippen molar-refractivity contribution >= 4 is 16.9 Å². The first-order chi connectivity index (χ1) is 13.4. The lowest BCUT2D eigenvalue weighted by atomic mass is 10.0. The molecule has 0 bridgehead atoms. The van der Waals surface area contributed by atoms with Crippen molar-refractivity contribution in [3.8, 4) is 17.0 Å². The Bertz CT molecular complexity index is 1040. The number of fused-ring (bicyclic) bond motifs is 1. The van der Waals surface area contributed by atoms with E-state index in [1.54, 1.807) is 12.1 Å². The van der Waals surface area contributed by atoms with Crippen LogP contribution in [0.1, 0.15) is 28.9 Å². The van der Waals surface area contributed by atoms with Gasteiger partial charge in [-0.15, -0.1) is 0 Å². The molecule has 3 aromatic rings. The maximum atomic E-state index is 13.8. The number of likely N-dealkylation sites (tertiary alicyclic amines) is 1. The number of piperidine rings is 1. The number of hydrogen-bond donors (Lipinski definition) is 3. The first-order valence-corrected chi connectivity index (χ1v) is 9.26. The van der Waals surface area contributed by atoms with E-state index in [1.165, 1.54) is 12.1 Å². The number of aromatic amines is 1. The van der Waals surface area contributed by atoms with Gasteiger partial charge in [0.2, 0.25) is 0 Å². The molecule has 0 radical (unpaired) electrons. The highest BCUT2D eigenvalue weighted by molar-refractivity contribution is 6.07. The number of nitrogens with one attached hydrogen (secondary N) is 2. The van der Waals surface area contributed by atoms with Crippen molar-refractivity contribution in [2.45, 2.75) is 25.8 Å². The summed E-state index contributed by atoms with van der Waals surface area (Å²) in [6, 6.07) is 5.81. The molecule has 1 aliphatic heterocycles. The highest BCUT2D eigenvalue weighted by Crippen LogP contribution is 2.28. The summed E-state index contributed by atoms with van der Waals surface area (Å²) in [6.45, 7) is 3.70. The molecule has 1 amide bonds. The molecule has 1 saturated heterocycles. The van der Waals surface area contributed by atoms with Crippen molar-refractivity contribution in [3.05, 3.63) is 41.3 Å². The minimum absolute atomic E-state index is 0.119. The van der Waals surface area contributed by atoms with Gasteiger partial charge in [-0.2, -0.15) is 5.10 Å². The molecule has 2 aromatic heterocycles. The van der Waals surface area contributed by atoms with E-state index in [2.05, 4.69) is 32.4 Å². The van der Waals surface area contributed by atoms with Gasteiger partial charge in [0, 0.05) is 11.6 Å². The van der Waals surface area contributed by atoms with Crippen LogP contribution < -0.4 is 5.32 Å². The molecule has 0 unspecified atom stereocenters. The number of aromatic nitrogens is 3. The molecule has 0 spiro atoms. The van der Waals surface area contributed by atoms with Crippen LogP contribution in [0.3, 0.4) is 0 Å². The molecule has 4 rings (SSSR count). The van der Waals surface area contributed by atoms with Gasteiger partial charge in [-0.1, -0.05) is 0 Å². The van der Waals surface area contributed by atoms with Crippen LogP contribution in [0.2, 0.25) is 0 Å². The number of halogens is 1. The highest BCUT2D eigenvalue weighted by Gasteiger charge is 2.23. The van der Waals surface area contributed by atoms with Crippen LogP contribution in [0.15, 0.2) is 24.3 Å². The average molecular weight is 383 g/mol. The molecule has 0 atom stereocenters. The van der Waals surface area contributed by atoms with Crippen molar-refractivity contribution in [1.29, 1.82) is 0 Å². The topological polar surface area (TPSA) is 94.1 Å². The van der Waals surface area contributed by atoms with Gasteiger partial charge in [0.25, 0.3) is 5.91 Å². The SMILES string of the molecule is Cc1n[nH]c2nc(-c3ccc(O)c(F)c3)cc(C(=O)NC3CCN(C)CC3)c12. The van der Waals surface area contributed by atoms with E-state index in [-0.39, 0.29) is 11.9 Å². The van der Waals surface area contributed by atoms with Crippen LogP contribution in [0.5, 0.6) is 5.75 Å². The van der Waals surface area contributed by atoms with Crippen molar-refractivity contribution < 1.29 is 14.3 Å². The lowest BCUT2D eigenvalue weighted by molar-refractivity contribution is 0.0918. The number of hydrogen-bond acceptors (Lipinski definition) is 5. The molecule has 3 N–H and O–H groups in total. The van der Waals surface area contributed by atoms with E-state index in [9.17, 15) is 14.3 Å². The summed E-state index contributed by atoms with van der Waals surface area (Å²) in [6.07, 6.45) is 1.80. The second-order valence-corrected chi connectivity index (χ2v) is 7.30. The van der Waals surface area contributed by atoms with Crippen LogP contribution in [-0.4, -0.2) is 57.3 Å². The van der Waals surface area contributed by atoms with E-state index in [4.69, 9.17) is 0 Å². The lowest BCUT2D eigenvalue weighted by Crippen LogP contribution is -2.43. The average Bonchev–Trinajstić information content (AvgIpc) is 3.06. The first-order valence-electron chi connectivity index (χ1n) is 9.26. The number of aromatic hydroxyl groups is 1. The normalized spacial score (nSPS) is 15.8. The summed E-state index contributed by atoms with van der Waals surface area (Å²) in [5.41, 5.74) is 2.51. The molecule has 8 heteroatoms. The van der Waals surface area contributed by atoms with Crippen molar-refractivity contribution in [2.75, 3.05) is 20.1 Å². The van der Waals surface area contributed by atoms with Crippen LogP contribution >= 0.6 is 0 Å². The van der Waals surface area contributed by atoms with E-state index in [0.29, 0.717) is 33.5 Å². The van der Waals surface area contributed by atoms with Crippen LogP contribution in [0.4, 0.5) is 4.39 Å². The second-order valence-electron chi connectivity index (χ2n) is 7.30. The fraction of sp³-hybridized carbons (Fsp3) is 0.350. The predicted octanol–water partition coefficient (Wildman–Crippen LogP) is 2.60. The third kappa shape index (κ3) is 3.43. The highest BCUT2D eigenvalue weighted by atomic mass is 19.1. The van der Waals surface area contributed by atoms with Gasteiger partial charge in [0.15, 0.2) is 17.2 Å². The number of aryl methyl sites for hydroxylation is 1. The Morgan fingerprint density at radius 1 is 1.32 bits per heavy atom. The van der Waals surface area contributed by atoms with E-state index < -0.39 is 11.6 Å². The van der Waals surface area contributed by atoms with Gasteiger partial charge >= 0.3 is 0 Å². The Hall–Kier alpha value is -3.00. The van der Waals surface area contributed by atoms with E-state index >= 15 is 0 Å². The molecule has 146 valence electrons. The Morgan fingerprint density at radius 3 is 2.79 bits per heavy atom. The fourth-order valence-corrected chi connectivity index (χ4v) is 3.59. The second kappa shape index (κ2) is 7.20. The molecule has 1 fully saturated rings. The van der Waals surface area contributed by atoms with Gasteiger partial charge in [-0.25, -0.2) is 9.37 Å². The molecule has 0 aliphatic carbocycles. The molecule has 0 saturated carbocycles. The summed E-state index contributed by atoms with van der Waals surface area (Å²) in [5, 5.41) is 20.2. The maximum absolute atomic E-state index is 13.8. The third-order valence-electron chi connectivity index (χ3n) is 5.25. The number of benzene rings is 1. The summed E-state index contributed by atoms with van der Waals surface area (Å²) < 4.78 is 13.8. The Morgan fingerprint density at radius 2 is 2.07 bits per heavy atom. The number of rotatable bonds is 3. The number of carbonyl (C=O) groups is 1. The Labute approximate surface area is 161 Å². The van der Waals surface area contributed by atoms with E-state index in [1.807, 2.05) is 6.92 Å². The molecule has 7 nitrogen and oxygen atoms in total. The minimum atomic E-state index is -0.738. The number of H-pyrrole nitrogens is 1. The van der Waals surface area contributed by atoms with E-state index in [0.717, 1.165) is 25.9 Å². The summed E-state index contributed by atoms with van der Waals surface area (Å²) in [4.78, 5) is 19.8. The minimum Gasteiger partial charge on any atom is -0.505 e. The quantitative estimate of drug-likeness (QED) is 0.646. The number of phenols is 1. The zero-order chi connectivity index (χ0) is 19.8. The number of carbonyl (C=O) groups excluding carboxylic acids is 1. The van der Waals surface area contributed by atoms with Crippen LogP contribution in [0, 0.1) is 12.7 Å². The van der Waals surface area contributed by atoms with Crippen molar-refractivity contribution in [3.63, 3.8) is 0 Å². The molecule has 1 aliphatic rings. The van der Waals surface area contributed by atoms with Gasteiger partial charge in [-0.05, 0) is 64.2 Å². The monoisotopic (exact) mass is 383 g/mol. The maximum Gasteiger partial charge on any atom is 0.252 e. The predicted molar refractivity (Wildman–Crippen MR) is 104 cm³/mol. The fourth-order valence-electron chi connectivity index (χ4n) is 3.59. The standard InChI is InChI=1S/C20H22FN5O2/c1-11-18-14(20(28)22-13-5-7-26(2)8-6-13)10-16(23-19(18)25-24-11)12-3-4-17(27)15(21)9-12/h3-4,9-10,13,27H,5-8H2,1-2H3,(H,22,28)(H,23,24,25). The Kier molecular flexibility index (Phi) is 4.72. The summed E-state index contributed by atoms with van der Waals surface area (Å²) >= 11 is 0. The lowest BCUT2D eigenvalue weighted by Gasteiger charge is -2.29. The number of amides is 1. The molecule has 28 heavy (non-hydrogen) atoms. The molecule has 3 heterocycles. The first kappa shape index (κ1) is 18.4. The zero-order valence-electron chi connectivity index (χ0n) is 15.8. The number of pyridine rings is 1. The largest absolute Gasteiger partial charge is 0.505 e. The number of nitrogens with zero attached hydrogens (tertiary/aromatic N) is 3. The van der Waals surface area contributed by atoms with Crippen LogP contribution in [0.25, 0.3) is 22.3 Å². The van der Waals surface area contributed by atoms with Gasteiger partial charge < -0.3 is 15.3 Å². The zero-order valence-corrected chi connectivity index (χ0v) is 15.8. The van der Waals surface area contributed by atoms with Crippen molar-refractivity contribution in [2.24, 2.45) is 0 Å². The van der Waals surface area contributed by atoms with Crippen LogP contribution in [-0.2, 0) is 0 Å². The smallest absolute Gasteiger partial charge is 0.252 e. The van der Waals surface area contributed by atoms with Gasteiger partial charge in [0.1, 0.15) is 0 Å². The molecule has 1 aromatic carbocycles. The summed E-state index contributed by atoms with van der Waals surface area (Å²) in [5.74, 6) is -1.35. The van der Waals surface area contributed by atoms with Gasteiger partial charge in [0.05, 0.1) is 22.3 Å². The molecular formula is C20H22FN5O2.